The van der Waals surface area contributed by atoms with Gasteiger partial charge in [-0.15, -0.1) is 6.58 Å². The van der Waals surface area contributed by atoms with E-state index in [-0.39, 0.29) is 23.5 Å². The number of sulfonamides is 1. The number of ether oxygens (including phenoxy) is 1. The summed E-state index contributed by atoms with van der Waals surface area (Å²) in [5.41, 5.74) is 0.202. The number of carboxylic acids is 1. The Kier molecular flexibility index (Phi) is 6.89. The van der Waals surface area contributed by atoms with Crippen molar-refractivity contribution in [2.45, 2.75) is 11.0 Å². The normalized spacial score (nSPS) is 12.4. The fraction of sp³-hybridized carbons (Fsp3) is 0.286. The molecular formula is C14H18N2O6S. The Morgan fingerprint density at radius 1 is 1.35 bits per heavy atom. The molecule has 0 saturated heterocycles. The van der Waals surface area contributed by atoms with Crippen molar-refractivity contribution < 1.29 is 27.9 Å². The van der Waals surface area contributed by atoms with E-state index in [1.165, 1.54) is 37.5 Å². The molecule has 0 saturated carbocycles. The Morgan fingerprint density at radius 3 is 2.43 bits per heavy atom. The Hall–Kier alpha value is -2.23. The molecule has 1 amide bonds. The highest BCUT2D eigenvalue weighted by atomic mass is 32.2. The van der Waals surface area contributed by atoms with Gasteiger partial charge in [-0.3, -0.25) is 4.79 Å². The molecule has 0 radical (unpaired) electrons. The molecular weight excluding hydrogens is 324 g/mol. The van der Waals surface area contributed by atoms with Crippen LogP contribution in [0, 0.1) is 0 Å². The summed E-state index contributed by atoms with van der Waals surface area (Å²) in [7, 11) is -2.43. The maximum atomic E-state index is 11.9. The Balaban J connectivity index is 2.74. The van der Waals surface area contributed by atoms with E-state index in [1.807, 2.05) is 0 Å². The molecule has 23 heavy (non-hydrogen) atoms. The van der Waals surface area contributed by atoms with Crippen LogP contribution in [0.15, 0.2) is 41.8 Å². The van der Waals surface area contributed by atoms with Crippen LogP contribution in [0.1, 0.15) is 10.4 Å². The molecule has 3 N–H and O–H groups in total. The Labute approximate surface area is 134 Å². The van der Waals surface area contributed by atoms with Crippen LogP contribution in [-0.2, 0) is 19.6 Å². The van der Waals surface area contributed by atoms with Crippen molar-refractivity contribution in [3.05, 3.63) is 42.5 Å². The third kappa shape index (κ3) is 5.47. The highest BCUT2D eigenvalue weighted by molar-refractivity contribution is 7.89. The smallest absolute Gasteiger partial charge is 0.334 e. The number of benzene rings is 1. The van der Waals surface area contributed by atoms with E-state index in [0.29, 0.717) is 0 Å². The van der Waals surface area contributed by atoms with Crippen LogP contribution in [0.4, 0.5) is 0 Å². The molecule has 9 heteroatoms. The van der Waals surface area contributed by atoms with E-state index >= 15 is 0 Å². The molecule has 0 heterocycles. The fourth-order valence-corrected chi connectivity index (χ4v) is 2.59. The molecule has 126 valence electrons. The fourth-order valence-electron chi connectivity index (χ4n) is 1.60. The van der Waals surface area contributed by atoms with Gasteiger partial charge in [0.05, 0.1) is 11.4 Å². The van der Waals surface area contributed by atoms with E-state index in [9.17, 15) is 18.0 Å². The van der Waals surface area contributed by atoms with Gasteiger partial charge in [-0.25, -0.2) is 17.9 Å². The van der Waals surface area contributed by atoms with Gasteiger partial charge in [0.1, 0.15) is 0 Å². The summed E-state index contributed by atoms with van der Waals surface area (Å²) in [6.07, 6.45) is 0.260. The van der Waals surface area contributed by atoms with E-state index in [2.05, 4.69) is 21.4 Å². The van der Waals surface area contributed by atoms with Gasteiger partial charge in [-0.1, -0.05) is 6.08 Å². The maximum Gasteiger partial charge on any atom is 0.334 e. The van der Waals surface area contributed by atoms with Crippen LogP contribution in [0.3, 0.4) is 0 Å². The van der Waals surface area contributed by atoms with Crippen molar-refractivity contribution in [1.82, 2.24) is 10.0 Å². The summed E-state index contributed by atoms with van der Waals surface area (Å²) < 4.78 is 30.7. The van der Waals surface area contributed by atoms with Gasteiger partial charge < -0.3 is 15.2 Å². The molecule has 0 aliphatic rings. The second-order valence-corrected chi connectivity index (χ2v) is 6.20. The van der Waals surface area contributed by atoms with E-state index in [1.54, 1.807) is 0 Å². The zero-order chi connectivity index (χ0) is 17.5. The average Bonchev–Trinajstić information content (AvgIpc) is 2.53. The lowest BCUT2D eigenvalue weighted by Gasteiger charge is -2.11. The van der Waals surface area contributed by atoms with Gasteiger partial charge in [0.25, 0.3) is 5.91 Å². The summed E-state index contributed by atoms with van der Waals surface area (Å²) in [6.45, 7) is 3.31. The number of nitrogens with one attached hydrogen (secondary N) is 2. The number of amides is 1. The number of methoxy groups -OCH3 is 1. The molecule has 0 aliphatic heterocycles. The largest absolute Gasteiger partial charge is 0.479 e. The third-order valence-corrected chi connectivity index (χ3v) is 4.29. The van der Waals surface area contributed by atoms with Crippen LogP contribution in [-0.4, -0.2) is 51.7 Å². The molecule has 1 atom stereocenters. The summed E-state index contributed by atoms with van der Waals surface area (Å²) in [6, 6.07) is 5.23. The van der Waals surface area contributed by atoms with Crippen molar-refractivity contribution in [3.8, 4) is 0 Å². The summed E-state index contributed by atoms with van der Waals surface area (Å²) in [4.78, 5) is 22.7. The predicted molar refractivity (Wildman–Crippen MR) is 82.6 cm³/mol. The molecule has 0 bridgehead atoms. The topological polar surface area (TPSA) is 122 Å². The molecule has 0 aliphatic carbocycles. The molecule has 0 spiro atoms. The third-order valence-electron chi connectivity index (χ3n) is 2.85. The lowest BCUT2D eigenvalue weighted by Crippen LogP contribution is -2.37. The highest BCUT2D eigenvalue weighted by Gasteiger charge is 2.18. The SMILES string of the molecule is C=CCNS(=O)(=O)c1ccc(C(=O)NCC(OC)C(=O)O)cc1. The van der Waals surface area contributed by atoms with E-state index in [4.69, 9.17) is 5.11 Å². The second-order valence-electron chi connectivity index (χ2n) is 4.44. The van der Waals surface area contributed by atoms with Crippen LogP contribution in [0.2, 0.25) is 0 Å². The zero-order valence-electron chi connectivity index (χ0n) is 12.5. The van der Waals surface area contributed by atoms with Gasteiger partial charge in [0.2, 0.25) is 10.0 Å². The molecule has 0 aromatic heterocycles. The molecule has 1 rings (SSSR count). The van der Waals surface area contributed by atoms with E-state index < -0.39 is 28.0 Å². The van der Waals surface area contributed by atoms with Gasteiger partial charge in [0.15, 0.2) is 6.10 Å². The molecule has 1 unspecified atom stereocenters. The molecule has 8 nitrogen and oxygen atoms in total. The van der Waals surface area contributed by atoms with Crippen molar-refractivity contribution in [1.29, 1.82) is 0 Å². The number of carbonyl (C=O) groups excluding carboxylic acids is 1. The van der Waals surface area contributed by atoms with Crippen LogP contribution >= 0.6 is 0 Å². The first-order valence-electron chi connectivity index (χ1n) is 6.56. The number of carbonyl (C=O) groups is 2. The molecule has 0 fully saturated rings. The minimum absolute atomic E-state index is 0.0104. The van der Waals surface area contributed by atoms with Crippen LogP contribution in [0.5, 0.6) is 0 Å². The number of hydrogen-bond donors (Lipinski definition) is 3. The van der Waals surface area contributed by atoms with Crippen LogP contribution < -0.4 is 10.0 Å². The van der Waals surface area contributed by atoms with Gasteiger partial charge in [0, 0.05) is 19.2 Å². The van der Waals surface area contributed by atoms with Crippen molar-refractivity contribution >= 4 is 21.9 Å². The Bertz CT molecular complexity index is 669. The number of carboxylic acid groups (broad SMARTS) is 1. The minimum atomic E-state index is -3.66. The minimum Gasteiger partial charge on any atom is -0.479 e. The second kappa shape index (κ2) is 8.42. The standard InChI is InChI=1S/C14H18N2O6S/c1-3-8-16-23(20,21)11-6-4-10(5-7-11)13(17)15-9-12(22-2)14(18)19/h3-7,12,16H,1,8-9H2,2H3,(H,15,17)(H,18,19). The summed E-state index contributed by atoms with van der Waals surface area (Å²) in [5.74, 6) is -1.72. The number of aliphatic carboxylic acids is 1. The van der Waals surface area contributed by atoms with Crippen molar-refractivity contribution in [3.63, 3.8) is 0 Å². The molecule has 1 aromatic rings. The van der Waals surface area contributed by atoms with E-state index in [0.717, 1.165) is 0 Å². The first-order valence-corrected chi connectivity index (χ1v) is 8.04. The monoisotopic (exact) mass is 342 g/mol. The number of hydrogen-bond acceptors (Lipinski definition) is 5. The zero-order valence-corrected chi connectivity index (χ0v) is 13.3. The highest BCUT2D eigenvalue weighted by Crippen LogP contribution is 2.10. The first kappa shape index (κ1) is 18.8. The average molecular weight is 342 g/mol. The van der Waals surface area contributed by atoms with Gasteiger partial charge in [-0.2, -0.15) is 0 Å². The predicted octanol–water partition coefficient (Wildman–Crippen LogP) is -0.0197. The lowest BCUT2D eigenvalue weighted by atomic mass is 10.2. The Morgan fingerprint density at radius 2 is 1.96 bits per heavy atom. The summed E-state index contributed by atoms with van der Waals surface area (Å²) in [5, 5.41) is 11.2. The van der Waals surface area contributed by atoms with Crippen molar-refractivity contribution in [2.75, 3.05) is 20.2 Å². The van der Waals surface area contributed by atoms with Gasteiger partial charge in [-0.05, 0) is 24.3 Å². The maximum absolute atomic E-state index is 11.9. The quantitative estimate of drug-likeness (QED) is 0.542. The van der Waals surface area contributed by atoms with Crippen LogP contribution in [0.25, 0.3) is 0 Å². The molecule has 1 aromatic carbocycles. The lowest BCUT2D eigenvalue weighted by molar-refractivity contribution is -0.148. The summed E-state index contributed by atoms with van der Waals surface area (Å²) >= 11 is 0. The van der Waals surface area contributed by atoms with Gasteiger partial charge >= 0.3 is 5.97 Å². The van der Waals surface area contributed by atoms with Crippen molar-refractivity contribution in [2.24, 2.45) is 0 Å². The number of rotatable bonds is 9. The first-order chi connectivity index (χ1) is 10.8.